The van der Waals surface area contributed by atoms with Crippen molar-refractivity contribution in [1.82, 2.24) is 20.3 Å². The van der Waals surface area contributed by atoms with Gasteiger partial charge in [0.25, 0.3) is 5.91 Å². The maximum absolute atomic E-state index is 11.4. The molecule has 100 valence electrons. The monoisotopic (exact) mass is 255 g/mol. The number of hydrogen-bond donors (Lipinski definition) is 2. The summed E-state index contributed by atoms with van der Waals surface area (Å²) in [6, 6.07) is 0. The smallest absolute Gasteiger partial charge is 0.413 e. The molecule has 0 aromatic carbocycles. The zero-order valence-electron chi connectivity index (χ0n) is 10.3. The van der Waals surface area contributed by atoms with Crippen molar-refractivity contribution >= 4 is 12.0 Å². The molecule has 0 aliphatic carbocycles. The molecule has 2 amide bonds. The molecule has 1 rings (SSSR count). The van der Waals surface area contributed by atoms with Gasteiger partial charge in [-0.15, -0.1) is 5.10 Å². The summed E-state index contributed by atoms with van der Waals surface area (Å²) in [6.45, 7) is 2.38. The van der Waals surface area contributed by atoms with Crippen LogP contribution in [0, 0.1) is 0 Å². The molecule has 3 N–H and O–H groups in total. The first-order chi connectivity index (χ1) is 8.65. The van der Waals surface area contributed by atoms with Gasteiger partial charge in [0.2, 0.25) is 0 Å². The summed E-state index contributed by atoms with van der Waals surface area (Å²) in [4.78, 5) is 22.4. The lowest BCUT2D eigenvalue weighted by Gasteiger charge is -2.03. The molecule has 1 aromatic heterocycles. The van der Waals surface area contributed by atoms with Crippen LogP contribution in [-0.4, -0.2) is 40.1 Å². The van der Waals surface area contributed by atoms with Gasteiger partial charge in [-0.25, -0.2) is 9.48 Å². The molecule has 0 fully saturated rings. The molecular formula is C10H17N5O3. The molecule has 0 saturated heterocycles. The van der Waals surface area contributed by atoms with Gasteiger partial charge in [-0.2, -0.15) is 0 Å². The zero-order chi connectivity index (χ0) is 13.4. The zero-order valence-corrected chi connectivity index (χ0v) is 10.3. The summed E-state index contributed by atoms with van der Waals surface area (Å²) in [6.07, 6.45) is 2.43. The number of rotatable bonds is 6. The molecule has 0 radical (unpaired) electrons. The van der Waals surface area contributed by atoms with Crippen molar-refractivity contribution in [3.05, 3.63) is 11.9 Å². The molecular weight excluding hydrogens is 238 g/mol. The largest absolute Gasteiger partial charge is 0.450 e. The number of imide groups is 1. The predicted octanol–water partition coefficient (Wildman–Crippen LogP) is -0.558. The summed E-state index contributed by atoms with van der Waals surface area (Å²) in [7, 11) is 0. The highest BCUT2D eigenvalue weighted by atomic mass is 16.5. The fourth-order valence-corrected chi connectivity index (χ4v) is 1.28. The van der Waals surface area contributed by atoms with Gasteiger partial charge < -0.3 is 10.5 Å². The molecule has 1 aromatic rings. The number of nitrogens with zero attached hydrogens (tertiary/aromatic N) is 3. The summed E-state index contributed by atoms with van der Waals surface area (Å²) < 4.78 is 5.94. The number of alkyl carbamates (subject to hydrolysis) is 1. The van der Waals surface area contributed by atoms with Crippen molar-refractivity contribution in [2.45, 2.75) is 26.3 Å². The second kappa shape index (κ2) is 7.38. The van der Waals surface area contributed by atoms with E-state index in [1.54, 1.807) is 13.1 Å². The molecule has 8 heteroatoms. The molecule has 0 bridgehead atoms. The van der Waals surface area contributed by atoms with E-state index in [4.69, 9.17) is 5.73 Å². The molecule has 0 unspecified atom stereocenters. The summed E-state index contributed by atoms with van der Waals surface area (Å²) >= 11 is 0. The lowest BCUT2D eigenvalue weighted by atomic mass is 10.2. The molecule has 0 aliphatic heterocycles. The Hall–Kier alpha value is -1.96. The maximum atomic E-state index is 11.4. The fraction of sp³-hybridized carbons (Fsp3) is 0.600. The van der Waals surface area contributed by atoms with Crippen LogP contribution in [0.5, 0.6) is 0 Å². The third-order valence-electron chi connectivity index (χ3n) is 2.05. The number of amides is 2. The third kappa shape index (κ3) is 4.91. The van der Waals surface area contributed by atoms with E-state index in [1.165, 1.54) is 4.68 Å². The van der Waals surface area contributed by atoms with Crippen molar-refractivity contribution in [2.24, 2.45) is 5.73 Å². The van der Waals surface area contributed by atoms with E-state index in [1.807, 2.05) is 0 Å². The molecule has 18 heavy (non-hydrogen) atoms. The van der Waals surface area contributed by atoms with Crippen molar-refractivity contribution in [1.29, 1.82) is 0 Å². The van der Waals surface area contributed by atoms with Gasteiger partial charge in [-0.1, -0.05) is 5.21 Å². The van der Waals surface area contributed by atoms with Crippen LogP contribution in [0.15, 0.2) is 6.20 Å². The molecule has 0 saturated carbocycles. The van der Waals surface area contributed by atoms with E-state index in [9.17, 15) is 9.59 Å². The van der Waals surface area contributed by atoms with Crippen LogP contribution < -0.4 is 11.1 Å². The number of aryl methyl sites for hydroxylation is 1. The number of nitrogens with two attached hydrogens (primary N) is 1. The number of nitrogens with one attached hydrogen (secondary N) is 1. The van der Waals surface area contributed by atoms with Gasteiger partial charge >= 0.3 is 6.09 Å². The van der Waals surface area contributed by atoms with Crippen molar-refractivity contribution in [3.8, 4) is 0 Å². The second-order valence-electron chi connectivity index (χ2n) is 3.57. The van der Waals surface area contributed by atoms with Gasteiger partial charge in [-0.05, 0) is 26.3 Å². The van der Waals surface area contributed by atoms with Crippen LogP contribution in [0.3, 0.4) is 0 Å². The van der Waals surface area contributed by atoms with Gasteiger partial charge in [0.15, 0.2) is 0 Å². The predicted molar refractivity (Wildman–Crippen MR) is 62.6 cm³/mol. The minimum Gasteiger partial charge on any atom is -0.450 e. The van der Waals surface area contributed by atoms with E-state index in [0.29, 0.717) is 6.54 Å². The van der Waals surface area contributed by atoms with E-state index in [2.05, 4.69) is 20.4 Å². The molecule has 1 heterocycles. The molecule has 0 aliphatic rings. The first kappa shape index (κ1) is 14.1. The highest BCUT2D eigenvalue weighted by molar-refractivity contribution is 5.91. The van der Waals surface area contributed by atoms with Crippen LogP contribution in [0.2, 0.25) is 0 Å². The fourth-order valence-electron chi connectivity index (χ4n) is 1.28. The molecule has 0 atom stereocenters. The number of hydrogen-bond acceptors (Lipinski definition) is 6. The van der Waals surface area contributed by atoms with Gasteiger partial charge in [0, 0.05) is 6.20 Å². The Morgan fingerprint density at radius 1 is 1.56 bits per heavy atom. The number of carbonyl (C=O) groups is 2. The first-order valence-corrected chi connectivity index (χ1v) is 5.71. The highest BCUT2D eigenvalue weighted by Crippen LogP contribution is 1.97. The minimum absolute atomic E-state index is 0.0750. The minimum atomic E-state index is -0.758. The van der Waals surface area contributed by atoms with Crippen molar-refractivity contribution in [3.63, 3.8) is 0 Å². The Morgan fingerprint density at radius 3 is 3.00 bits per heavy atom. The molecule has 8 nitrogen and oxygen atoms in total. The first-order valence-electron chi connectivity index (χ1n) is 5.71. The number of ether oxygens (including phenoxy) is 1. The van der Waals surface area contributed by atoms with Crippen molar-refractivity contribution < 1.29 is 14.3 Å². The quantitative estimate of drug-likeness (QED) is 0.704. The van der Waals surface area contributed by atoms with E-state index in [-0.39, 0.29) is 13.2 Å². The Morgan fingerprint density at radius 2 is 2.33 bits per heavy atom. The van der Waals surface area contributed by atoms with Gasteiger partial charge in [-0.3, -0.25) is 10.1 Å². The van der Waals surface area contributed by atoms with Gasteiger partial charge in [0.05, 0.1) is 12.3 Å². The van der Waals surface area contributed by atoms with E-state index < -0.39 is 12.0 Å². The van der Waals surface area contributed by atoms with Crippen LogP contribution in [0.25, 0.3) is 0 Å². The standard InChI is InChI=1S/C10H17N5O3/c1-2-18-10(17)12-9(16)7-15-6-8(13-14-15)4-3-5-11/h6H,2-5,7,11H2,1H3,(H,12,16,17). The third-order valence-corrected chi connectivity index (χ3v) is 2.05. The Balaban J connectivity index is 2.39. The van der Waals surface area contributed by atoms with Crippen LogP contribution in [0.1, 0.15) is 19.0 Å². The lowest BCUT2D eigenvalue weighted by molar-refractivity contribution is -0.121. The number of carbonyl (C=O) groups excluding carboxylic acids is 2. The topological polar surface area (TPSA) is 112 Å². The van der Waals surface area contributed by atoms with Crippen molar-refractivity contribution in [2.75, 3.05) is 13.2 Å². The maximum Gasteiger partial charge on any atom is 0.413 e. The summed E-state index contributed by atoms with van der Waals surface area (Å²) in [5, 5.41) is 9.73. The Labute approximate surface area is 104 Å². The number of aromatic nitrogens is 3. The average molecular weight is 255 g/mol. The Bertz CT molecular complexity index is 404. The highest BCUT2D eigenvalue weighted by Gasteiger charge is 2.10. The summed E-state index contributed by atoms with van der Waals surface area (Å²) in [5.74, 6) is -0.497. The van der Waals surface area contributed by atoms with E-state index in [0.717, 1.165) is 18.5 Å². The van der Waals surface area contributed by atoms with Crippen LogP contribution in [-0.2, 0) is 22.5 Å². The van der Waals surface area contributed by atoms with E-state index >= 15 is 0 Å². The summed E-state index contributed by atoms with van der Waals surface area (Å²) in [5.41, 5.74) is 6.14. The molecule has 0 spiro atoms. The second-order valence-corrected chi connectivity index (χ2v) is 3.57. The SMILES string of the molecule is CCOC(=O)NC(=O)Cn1cc(CCCN)nn1. The van der Waals surface area contributed by atoms with Crippen LogP contribution >= 0.6 is 0 Å². The van der Waals surface area contributed by atoms with Crippen LogP contribution in [0.4, 0.5) is 4.79 Å². The normalized spacial score (nSPS) is 10.1. The Kier molecular flexibility index (Phi) is 5.78. The average Bonchev–Trinajstić information content (AvgIpc) is 2.74. The lowest BCUT2D eigenvalue weighted by Crippen LogP contribution is -2.33. The van der Waals surface area contributed by atoms with Gasteiger partial charge in [0.1, 0.15) is 6.54 Å².